The van der Waals surface area contributed by atoms with Gasteiger partial charge < -0.3 is 15.5 Å². The number of halogens is 6. The smallest absolute Gasteiger partial charge is 0.413 e. The fourth-order valence-electron chi connectivity index (χ4n) is 4.03. The third kappa shape index (κ3) is 3.90. The normalized spacial score (nSPS) is 17.9. The molecule has 1 aliphatic rings. The molecular weight excluding hydrogens is 547 g/mol. The predicted octanol–water partition coefficient (Wildman–Crippen LogP) is 4.62. The van der Waals surface area contributed by atoms with Crippen molar-refractivity contribution in [3.8, 4) is 11.5 Å². The number of carbonyl (C=O) groups is 1. The maximum atomic E-state index is 13.6. The number of aromatic amines is 1. The molecule has 0 fully saturated rings. The first-order valence-electron chi connectivity index (χ1n) is 10.4. The first-order valence-corrected chi connectivity index (χ1v) is 11.2. The number of alkyl halides is 5. The van der Waals surface area contributed by atoms with E-state index in [-0.39, 0.29) is 50.0 Å². The molecule has 37 heavy (non-hydrogen) atoms. The summed E-state index contributed by atoms with van der Waals surface area (Å²) in [5.41, 5.74) is 5.03. The standard InChI is InChI=1S/C20H14ClF5N8O2S/c1-18(16-31-32-17(37)36-16)10-12(27)28-14(29-13(10)30-15(18)35)11-8-3-2-7(21)6-9(8)34(33-11)5-4-19(22,23)20(24,25)26/h2-3,6H,4-5H2,1H3,(H,32,37)(H3,27,28,29,30,35). The van der Waals surface area contributed by atoms with E-state index in [4.69, 9.17) is 34.0 Å². The summed E-state index contributed by atoms with van der Waals surface area (Å²) in [4.78, 5) is 21.4. The maximum Gasteiger partial charge on any atom is 0.453 e. The average Bonchev–Trinajstić information content (AvgIpc) is 3.46. The fourth-order valence-corrected chi connectivity index (χ4v) is 4.32. The second-order valence-electron chi connectivity index (χ2n) is 8.34. The lowest BCUT2D eigenvalue weighted by Crippen LogP contribution is -2.37. The molecule has 1 aliphatic heterocycles. The third-order valence-electron chi connectivity index (χ3n) is 5.97. The van der Waals surface area contributed by atoms with E-state index in [2.05, 4.69) is 30.6 Å². The number of benzene rings is 1. The number of nitrogen functional groups attached to an aromatic ring is 1. The van der Waals surface area contributed by atoms with Crippen LogP contribution in [0.5, 0.6) is 0 Å². The summed E-state index contributed by atoms with van der Waals surface area (Å²) in [5.74, 6) is -5.84. The Morgan fingerprint density at radius 1 is 1.24 bits per heavy atom. The largest absolute Gasteiger partial charge is 0.453 e. The van der Waals surface area contributed by atoms with Gasteiger partial charge in [0.05, 0.1) is 11.1 Å². The number of aryl methyl sites for hydroxylation is 1. The van der Waals surface area contributed by atoms with Crippen molar-refractivity contribution in [2.24, 2.45) is 0 Å². The number of amides is 1. The molecule has 194 valence electrons. The molecule has 0 saturated heterocycles. The summed E-state index contributed by atoms with van der Waals surface area (Å²) in [6.07, 6.45) is -7.27. The second-order valence-corrected chi connectivity index (χ2v) is 9.15. The SMILES string of the molecule is CC1(c2n[nH]c(=S)o2)C(=O)Nc2nc(-c3nn(CCC(F)(F)C(F)(F)F)c4cc(Cl)ccc34)nc(N)c21. The highest BCUT2D eigenvalue weighted by atomic mass is 35.5. The highest BCUT2D eigenvalue weighted by Gasteiger charge is 2.57. The number of anilines is 2. The van der Waals surface area contributed by atoms with Crippen molar-refractivity contribution in [2.75, 3.05) is 11.1 Å². The molecule has 1 aromatic carbocycles. The van der Waals surface area contributed by atoms with E-state index in [1.54, 1.807) is 0 Å². The quantitative estimate of drug-likeness (QED) is 0.237. The van der Waals surface area contributed by atoms with Gasteiger partial charge in [0, 0.05) is 23.4 Å². The predicted molar refractivity (Wildman–Crippen MR) is 123 cm³/mol. The molecule has 1 unspecified atom stereocenters. The van der Waals surface area contributed by atoms with Crippen LogP contribution in [0.4, 0.5) is 33.6 Å². The minimum atomic E-state index is -5.72. The molecule has 3 aromatic heterocycles. The van der Waals surface area contributed by atoms with Crippen LogP contribution in [0.3, 0.4) is 0 Å². The number of nitrogens with two attached hydrogens (primary N) is 1. The molecule has 0 saturated carbocycles. The lowest BCUT2D eigenvalue weighted by Gasteiger charge is -2.19. The first-order chi connectivity index (χ1) is 17.2. The molecule has 17 heteroatoms. The number of hydrogen-bond donors (Lipinski definition) is 3. The van der Waals surface area contributed by atoms with E-state index in [0.29, 0.717) is 5.39 Å². The Morgan fingerprint density at radius 3 is 2.62 bits per heavy atom. The van der Waals surface area contributed by atoms with E-state index in [1.807, 2.05) is 0 Å². The van der Waals surface area contributed by atoms with Gasteiger partial charge in [-0.05, 0) is 37.3 Å². The van der Waals surface area contributed by atoms with Crippen LogP contribution in [0.1, 0.15) is 24.8 Å². The van der Waals surface area contributed by atoms with E-state index < -0.39 is 36.4 Å². The number of fused-ring (bicyclic) bond motifs is 2. The van der Waals surface area contributed by atoms with Crippen molar-refractivity contribution in [3.05, 3.63) is 39.5 Å². The molecule has 0 spiro atoms. The Kier molecular flexibility index (Phi) is 5.52. The van der Waals surface area contributed by atoms with Gasteiger partial charge in [0.25, 0.3) is 4.84 Å². The van der Waals surface area contributed by atoms with E-state index in [9.17, 15) is 26.7 Å². The zero-order valence-electron chi connectivity index (χ0n) is 18.5. The summed E-state index contributed by atoms with van der Waals surface area (Å²) in [5, 5.41) is 13.6. The first kappa shape index (κ1) is 25.0. The minimum absolute atomic E-state index is 0.0133. The van der Waals surface area contributed by atoms with Gasteiger partial charge in [-0.1, -0.05) is 11.6 Å². The Morgan fingerprint density at radius 2 is 1.97 bits per heavy atom. The van der Waals surface area contributed by atoms with Crippen LogP contribution in [-0.4, -0.2) is 48.0 Å². The molecule has 5 rings (SSSR count). The number of rotatable bonds is 5. The van der Waals surface area contributed by atoms with E-state index in [1.165, 1.54) is 25.1 Å². The van der Waals surface area contributed by atoms with Crippen molar-refractivity contribution in [1.82, 2.24) is 29.9 Å². The number of carbonyl (C=O) groups excluding carboxylic acids is 1. The number of aromatic nitrogens is 6. The molecule has 0 aliphatic carbocycles. The number of nitrogens with one attached hydrogen (secondary N) is 2. The zero-order chi connectivity index (χ0) is 26.9. The molecule has 10 nitrogen and oxygen atoms in total. The van der Waals surface area contributed by atoms with Gasteiger partial charge in [0.15, 0.2) is 11.2 Å². The average molecular weight is 561 g/mol. The molecule has 4 aromatic rings. The highest BCUT2D eigenvalue weighted by molar-refractivity contribution is 7.71. The summed E-state index contributed by atoms with van der Waals surface area (Å²) >= 11 is 10.9. The van der Waals surface area contributed by atoms with E-state index in [0.717, 1.165) is 4.68 Å². The maximum absolute atomic E-state index is 13.6. The summed E-state index contributed by atoms with van der Waals surface area (Å²) < 4.78 is 71.5. The van der Waals surface area contributed by atoms with Crippen LogP contribution in [0.2, 0.25) is 5.02 Å². The van der Waals surface area contributed by atoms with Crippen LogP contribution in [0.15, 0.2) is 22.6 Å². The zero-order valence-corrected chi connectivity index (χ0v) is 20.0. The van der Waals surface area contributed by atoms with Gasteiger partial charge >= 0.3 is 12.1 Å². The van der Waals surface area contributed by atoms with Crippen molar-refractivity contribution >= 4 is 52.3 Å². The molecule has 4 N–H and O–H groups in total. The lowest BCUT2D eigenvalue weighted by atomic mass is 9.84. The number of hydrogen-bond acceptors (Lipinski definition) is 8. The lowest BCUT2D eigenvalue weighted by molar-refractivity contribution is -0.285. The monoisotopic (exact) mass is 560 g/mol. The molecule has 0 bridgehead atoms. The Balaban J connectivity index is 1.61. The van der Waals surface area contributed by atoms with E-state index >= 15 is 0 Å². The van der Waals surface area contributed by atoms with Crippen molar-refractivity contribution in [1.29, 1.82) is 0 Å². The Bertz CT molecular complexity index is 1630. The van der Waals surface area contributed by atoms with Gasteiger partial charge in [-0.2, -0.15) is 27.1 Å². The molecule has 0 radical (unpaired) electrons. The van der Waals surface area contributed by atoms with Crippen LogP contribution in [0.25, 0.3) is 22.4 Å². The summed E-state index contributed by atoms with van der Waals surface area (Å²) in [7, 11) is 0. The van der Waals surface area contributed by atoms with Crippen molar-refractivity contribution in [3.63, 3.8) is 0 Å². The minimum Gasteiger partial charge on any atom is -0.413 e. The molecule has 1 atom stereocenters. The van der Waals surface area contributed by atoms with Crippen LogP contribution >= 0.6 is 23.8 Å². The topological polar surface area (TPSA) is 141 Å². The van der Waals surface area contributed by atoms with Gasteiger partial charge in [-0.15, -0.1) is 5.10 Å². The van der Waals surface area contributed by atoms with Gasteiger partial charge in [-0.25, -0.2) is 15.1 Å². The van der Waals surface area contributed by atoms with Crippen molar-refractivity contribution < 1.29 is 31.2 Å². The van der Waals surface area contributed by atoms with Gasteiger partial charge in [0.2, 0.25) is 11.8 Å². The third-order valence-corrected chi connectivity index (χ3v) is 6.38. The van der Waals surface area contributed by atoms with Crippen LogP contribution in [-0.2, 0) is 16.8 Å². The summed E-state index contributed by atoms with van der Waals surface area (Å²) in [6.45, 7) is 0.692. The molecule has 4 heterocycles. The van der Waals surface area contributed by atoms with Crippen LogP contribution in [0, 0.1) is 4.84 Å². The second kappa shape index (κ2) is 8.17. The molecule has 1 amide bonds. The van der Waals surface area contributed by atoms with Crippen molar-refractivity contribution in [2.45, 2.75) is 37.4 Å². The number of nitrogens with zero attached hydrogens (tertiary/aromatic N) is 5. The molecular formula is C20H14ClF5N8O2S. The Hall–Kier alpha value is -3.66. The Labute approximate surface area is 213 Å². The number of H-pyrrole nitrogens is 1. The highest BCUT2D eigenvalue weighted by Crippen LogP contribution is 2.45. The van der Waals surface area contributed by atoms with Gasteiger partial charge in [-0.3, -0.25) is 9.48 Å². The van der Waals surface area contributed by atoms with Gasteiger partial charge in [0.1, 0.15) is 17.3 Å². The fraction of sp³-hybridized carbons (Fsp3) is 0.300. The summed E-state index contributed by atoms with van der Waals surface area (Å²) in [6, 6.07) is 4.33. The van der Waals surface area contributed by atoms with Crippen LogP contribution < -0.4 is 11.1 Å².